The Morgan fingerprint density at radius 3 is 2.06 bits per heavy atom. The highest BCUT2D eigenvalue weighted by Crippen LogP contribution is 2.15. The van der Waals surface area contributed by atoms with Crippen LogP contribution in [-0.4, -0.2) is 62.5 Å². The average Bonchev–Trinajstić information content (AvgIpc) is 2.42. The van der Waals surface area contributed by atoms with Gasteiger partial charge in [-0.25, -0.2) is 0 Å². The highest BCUT2D eigenvalue weighted by molar-refractivity contribution is 5.32. The van der Waals surface area contributed by atoms with Crippen LogP contribution in [0, 0.1) is 0 Å². The predicted octanol–water partition coefficient (Wildman–Crippen LogP) is -0.700. The first-order chi connectivity index (χ1) is 8.74. The summed E-state index contributed by atoms with van der Waals surface area (Å²) in [5.41, 5.74) is 5.56. The van der Waals surface area contributed by atoms with Crippen molar-refractivity contribution < 1.29 is 14.2 Å². The lowest BCUT2D eigenvalue weighted by Gasteiger charge is -2.21. The number of rotatable bonds is 8. The number of anilines is 1. The molecule has 0 amide bonds. The van der Waals surface area contributed by atoms with Gasteiger partial charge >= 0.3 is 12.0 Å². The van der Waals surface area contributed by atoms with Crippen molar-refractivity contribution in [3.63, 3.8) is 0 Å². The molecule has 0 fully saturated rings. The van der Waals surface area contributed by atoms with E-state index in [1.165, 1.54) is 14.2 Å². The van der Waals surface area contributed by atoms with Crippen molar-refractivity contribution in [2.75, 3.05) is 52.5 Å². The lowest BCUT2D eigenvalue weighted by Crippen LogP contribution is -2.34. The Kier molecular flexibility index (Phi) is 6.09. The Morgan fingerprint density at radius 1 is 1.00 bits per heavy atom. The molecule has 1 rings (SSSR count). The van der Waals surface area contributed by atoms with E-state index >= 15 is 0 Å². The first-order valence-corrected chi connectivity index (χ1v) is 5.53. The van der Waals surface area contributed by atoms with E-state index in [0.717, 1.165) is 0 Å². The van der Waals surface area contributed by atoms with E-state index in [0.29, 0.717) is 32.2 Å². The first-order valence-electron chi connectivity index (χ1n) is 5.53. The van der Waals surface area contributed by atoms with Gasteiger partial charge in [-0.3, -0.25) is 0 Å². The molecule has 0 aromatic carbocycles. The molecule has 102 valence electrons. The van der Waals surface area contributed by atoms with Crippen molar-refractivity contribution >= 4 is 5.95 Å². The summed E-state index contributed by atoms with van der Waals surface area (Å²) in [5.74, 6) is 0.459. The summed E-state index contributed by atoms with van der Waals surface area (Å²) in [7, 11) is 4.61. The molecular weight excluding hydrogens is 238 g/mol. The lowest BCUT2D eigenvalue weighted by atomic mass is 10.5. The molecule has 0 saturated heterocycles. The van der Waals surface area contributed by atoms with E-state index in [1.54, 1.807) is 7.11 Å². The average molecular weight is 257 g/mol. The maximum absolute atomic E-state index is 5.56. The monoisotopic (exact) mass is 257 g/mol. The van der Waals surface area contributed by atoms with Gasteiger partial charge in [-0.2, -0.15) is 9.97 Å². The van der Waals surface area contributed by atoms with Crippen molar-refractivity contribution in [1.82, 2.24) is 15.0 Å². The molecule has 2 N–H and O–H groups in total. The summed E-state index contributed by atoms with van der Waals surface area (Å²) >= 11 is 0. The van der Waals surface area contributed by atoms with Crippen LogP contribution in [0.4, 0.5) is 5.95 Å². The van der Waals surface area contributed by atoms with Gasteiger partial charge in [-0.05, 0) is 0 Å². The van der Waals surface area contributed by atoms with Crippen LogP contribution in [0.3, 0.4) is 0 Å². The van der Waals surface area contributed by atoms with E-state index in [2.05, 4.69) is 15.0 Å². The van der Waals surface area contributed by atoms with E-state index in [1.807, 2.05) is 4.90 Å². The summed E-state index contributed by atoms with van der Waals surface area (Å²) in [5, 5.41) is 0. The smallest absolute Gasteiger partial charge is 0.324 e. The number of aromatic nitrogens is 3. The second-order valence-corrected chi connectivity index (χ2v) is 3.38. The van der Waals surface area contributed by atoms with Crippen molar-refractivity contribution in [3.05, 3.63) is 0 Å². The Bertz CT molecular complexity index is 341. The highest BCUT2D eigenvalue weighted by atomic mass is 16.5. The standard InChI is InChI=1S/C10H19N5O3/c1-16-7-6-15(5-4-11)8-12-9(17-2)14-10(13-8)18-3/h4-7,11H2,1-3H3. The van der Waals surface area contributed by atoms with Gasteiger partial charge in [0.1, 0.15) is 0 Å². The molecule has 8 heteroatoms. The molecule has 18 heavy (non-hydrogen) atoms. The van der Waals surface area contributed by atoms with Gasteiger partial charge < -0.3 is 24.8 Å². The molecule has 8 nitrogen and oxygen atoms in total. The number of hydrogen-bond donors (Lipinski definition) is 1. The van der Waals surface area contributed by atoms with Gasteiger partial charge in [0.2, 0.25) is 5.95 Å². The third-order valence-corrected chi connectivity index (χ3v) is 2.19. The summed E-state index contributed by atoms with van der Waals surface area (Å²) in [6.45, 7) is 2.28. The Hall–Kier alpha value is -1.67. The molecular formula is C10H19N5O3. The zero-order valence-corrected chi connectivity index (χ0v) is 10.9. The van der Waals surface area contributed by atoms with E-state index in [9.17, 15) is 0 Å². The molecule has 0 unspecified atom stereocenters. The van der Waals surface area contributed by atoms with E-state index in [-0.39, 0.29) is 12.0 Å². The maximum atomic E-state index is 5.56. The molecule has 0 aliphatic carbocycles. The molecule has 0 aliphatic heterocycles. The van der Waals surface area contributed by atoms with Gasteiger partial charge in [-0.15, -0.1) is 4.98 Å². The minimum atomic E-state index is 0.205. The van der Waals surface area contributed by atoms with Crippen molar-refractivity contribution in [2.45, 2.75) is 0 Å². The molecule has 0 saturated carbocycles. The van der Waals surface area contributed by atoms with E-state index in [4.69, 9.17) is 19.9 Å². The summed E-state index contributed by atoms with van der Waals surface area (Å²) in [4.78, 5) is 14.1. The van der Waals surface area contributed by atoms with Crippen molar-refractivity contribution in [2.24, 2.45) is 5.73 Å². The molecule has 1 aromatic rings. The third kappa shape index (κ3) is 3.97. The fraction of sp³-hybridized carbons (Fsp3) is 0.700. The molecule has 0 bridgehead atoms. The topological polar surface area (TPSA) is 95.6 Å². The Balaban J connectivity index is 2.93. The van der Waals surface area contributed by atoms with Crippen LogP contribution in [-0.2, 0) is 4.74 Å². The predicted molar refractivity (Wildman–Crippen MR) is 66.1 cm³/mol. The second kappa shape index (κ2) is 7.62. The van der Waals surface area contributed by atoms with Gasteiger partial charge in [-0.1, -0.05) is 0 Å². The number of ether oxygens (including phenoxy) is 3. The minimum Gasteiger partial charge on any atom is -0.467 e. The number of nitrogens with zero attached hydrogens (tertiary/aromatic N) is 4. The fourth-order valence-corrected chi connectivity index (χ4v) is 1.32. The number of hydrogen-bond acceptors (Lipinski definition) is 8. The quantitative estimate of drug-likeness (QED) is 0.653. The minimum absolute atomic E-state index is 0.205. The summed E-state index contributed by atoms with van der Waals surface area (Å²) in [6.07, 6.45) is 0. The summed E-state index contributed by atoms with van der Waals surface area (Å²) < 4.78 is 15.0. The lowest BCUT2D eigenvalue weighted by molar-refractivity contribution is 0.205. The number of methoxy groups -OCH3 is 3. The van der Waals surface area contributed by atoms with Crippen molar-refractivity contribution in [3.8, 4) is 12.0 Å². The Labute approximate surface area is 106 Å². The van der Waals surface area contributed by atoms with E-state index < -0.39 is 0 Å². The summed E-state index contributed by atoms with van der Waals surface area (Å²) in [6, 6.07) is 0.410. The van der Waals surface area contributed by atoms with Crippen LogP contribution in [0.1, 0.15) is 0 Å². The van der Waals surface area contributed by atoms with Crippen LogP contribution in [0.15, 0.2) is 0 Å². The molecule has 1 aromatic heterocycles. The highest BCUT2D eigenvalue weighted by Gasteiger charge is 2.13. The molecule has 0 radical (unpaired) electrons. The number of nitrogens with two attached hydrogens (primary N) is 1. The largest absolute Gasteiger partial charge is 0.467 e. The maximum Gasteiger partial charge on any atom is 0.324 e. The van der Waals surface area contributed by atoms with Crippen LogP contribution >= 0.6 is 0 Å². The fourth-order valence-electron chi connectivity index (χ4n) is 1.32. The van der Waals surface area contributed by atoms with Crippen LogP contribution in [0.25, 0.3) is 0 Å². The Morgan fingerprint density at radius 2 is 1.61 bits per heavy atom. The molecule has 1 heterocycles. The molecule has 0 atom stereocenters. The van der Waals surface area contributed by atoms with Gasteiger partial charge in [0.05, 0.1) is 20.8 Å². The zero-order valence-electron chi connectivity index (χ0n) is 10.9. The van der Waals surface area contributed by atoms with Crippen molar-refractivity contribution in [1.29, 1.82) is 0 Å². The zero-order chi connectivity index (χ0) is 13.4. The second-order valence-electron chi connectivity index (χ2n) is 3.38. The normalized spacial score (nSPS) is 10.2. The molecule has 0 spiro atoms. The van der Waals surface area contributed by atoms with Crippen LogP contribution in [0.2, 0.25) is 0 Å². The van der Waals surface area contributed by atoms with Gasteiger partial charge in [0, 0.05) is 26.7 Å². The first kappa shape index (κ1) is 14.4. The van der Waals surface area contributed by atoms with Crippen LogP contribution in [0.5, 0.6) is 12.0 Å². The van der Waals surface area contributed by atoms with Crippen LogP contribution < -0.4 is 20.1 Å². The van der Waals surface area contributed by atoms with Gasteiger partial charge in [0.15, 0.2) is 0 Å². The third-order valence-electron chi connectivity index (χ3n) is 2.19. The van der Waals surface area contributed by atoms with Gasteiger partial charge in [0.25, 0.3) is 0 Å². The SMILES string of the molecule is COCCN(CCN)c1nc(OC)nc(OC)n1. The molecule has 0 aliphatic rings.